The van der Waals surface area contributed by atoms with Gasteiger partial charge in [0.2, 0.25) is 0 Å². The van der Waals surface area contributed by atoms with Crippen LogP contribution in [0.2, 0.25) is 0 Å². The molecule has 1 aliphatic rings. The van der Waals surface area contributed by atoms with Crippen molar-refractivity contribution in [2.24, 2.45) is 0 Å². The van der Waals surface area contributed by atoms with Gasteiger partial charge in [0.15, 0.2) is 0 Å². The molecule has 0 bridgehead atoms. The predicted molar refractivity (Wildman–Crippen MR) is 114 cm³/mol. The summed E-state index contributed by atoms with van der Waals surface area (Å²) in [6.07, 6.45) is 1.81. The first-order valence-electron chi connectivity index (χ1n) is 9.87. The van der Waals surface area contributed by atoms with E-state index < -0.39 is 0 Å². The lowest BCUT2D eigenvalue weighted by atomic mass is 10.0. The molecule has 1 N–H and O–H groups in total. The third-order valence-corrected chi connectivity index (χ3v) is 5.67. The van der Waals surface area contributed by atoms with Crippen molar-refractivity contribution in [3.8, 4) is 23.0 Å². The molecule has 30 heavy (non-hydrogen) atoms. The molecule has 158 valence electrons. The number of H-pyrrole nitrogens is 1. The van der Waals surface area contributed by atoms with E-state index in [1.807, 2.05) is 35.2 Å². The highest BCUT2D eigenvalue weighted by Crippen LogP contribution is 2.40. The van der Waals surface area contributed by atoms with Crippen LogP contribution in [-0.2, 0) is 0 Å². The molecule has 4 rings (SSSR count). The van der Waals surface area contributed by atoms with Crippen LogP contribution in [0.3, 0.4) is 0 Å². The number of fused-ring (bicyclic) bond motifs is 1. The van der Waals surface area contributed by atoms with Crippen molar-refractivity contribution < 1.29 is 23.7 Å². The maximum Gasteiger partial charge on any atom is 0.270 e. The van der Waals surface area contributed by atoms with E-state index in [1.54, 1.807) is 34.5 Å². The second kappa shape index (κ2) is 8.18. The van der Waals surface area contributed by atoms with Gasteiger partial charge in [-0.05, 0) is 37.1 Å². The molecule has 0 saturated carbocycles. The first kappa shape index (κ1) is 19.9. The summed E-state index contributed by atoms with van der Waals surface area (Å²) >= 11 is 0. The van der Waals surface area contributed by atoms with Crippen LogP contribution >= 0.6 is 0 Å². The van der Waals surface area contributed by atoms with Gasteiger partial charge >= 0.3 is 0 Å². The molecule has 1 unspecified atom stereocenters. The Labute approximate surface area is 175 Å². The third kappa shape index (κ3) is 3.40. The molecule has 2 heterocycles. The second-order valence-corrected chi connectivity index (χ2v) is 7.24. The van der Waals surface area contributed by atoms with Crippen LogP contribution < -0.4 is 18.9 Å². The van der Waals surface area contributed by atoms with Crippen molar-refractivity contribution in [2.45, 2.75) is 18.9 Å². The van der Waals surface area contributed by atoms with Gasteiger partial charge in [0.05, 0.1) is 40.0 Å². The normalized spacial score (nSPS) is 16.0. The van der Waals surface area contributed by atoms with E-state index in [1.165, 1.54) is 0 Å². The van der Waals surface area contributed by atoms with Crippen molar-refractivity contribution in [3.63, 3.8) is 0 Å². The zero-order chi connectivity index (χ0) is 21.3. The number of ether oxygens (including phenoxy) is 4. The Morgan fingerprint density at radius 3 is 2.37 bits per heavy atom. The Kier molecular flexibility index (Phi) is 5.44. The fourth-order valence-electron chi connectivity index (χ4n) is 4.16. The van der Waals surface area contributed by atoms with Crippen LogP contribution in [0.15, 0.2) is 36.4 Å². The average Bonchev–Trinajstić information content (AvgIpc) is 3.44. The first-order valence-corrected chi connectivity index (χ1v) is 9.87. The number of nitrogens with zero attached hydrogens (tertiary/aromatic N) is 1. The van der Waals surface area contributed by atoms with Gasteiger partial charge in [-0.25, -0.2) is 0 Å². The summed E-state index contributed by atoms with van der Waals surface area (Å²) in [7, 11) is 6.47. The van der Waals surface area contributed by atoms with Crippen LogP contribution in [-0.4, -0.2) is 50.8 Å². The van der Waals surface area contributed by atoms with Crippen molar-refractivity contribution in [1.29, 1.82) is 0 Å². The van der Waals surface area contributed by atoms with Gasteiger partial charge in [0, 0.05) is 29.6 Å². The molecule has 0 aliphatic carbocycles. The zero-order valence-corrected chi connectivity index (χ0v) is 17.7. The predicted octanol–water partition coefficient (Wildman–Crippen LogP) is 4.18. The summed E-state index contributed by atoms with van der Waals surface area (Å²) < 4.78 is 21.7. The topological polar surface area (TPSA) is 73.0 Å². The molecule has 1 aromatic heterocycles. The Bertz CT molecular complexity index is 1070. The molecule has 2 aromatic carbocycles. The SMILES string of the molecule is COc1ccc(C2CCCN2C(=O)c2cc3cc(OC)cc(OC)c3[nH]2)c(OC)c1. The van der Waals surface area contributed by atoms with Crippen molar-refractivity contribution in [2.75, 3.05) is 35.0 Å². The number of nitrogens with one attached hydrogen (secondary N) is 1. The number of hydrogen-bond acceptors (Lipinski definition) is 5. The van der Waals surface area contributed by atoms with Gasteiger partial charge in [-0.2, -0.15) is 0 Å². The largest absolute Gasteiger partial charge is 0.497 e. The monoisotopic (exact) mass is 410 g/mol. The van der Waals surface area contributed by atoms with Gasteiger partial charge in [0.25, 0.3) is 5.91 Å². The lowest BCUT2D eigenvalue weighted by Crippen LogP contribution is -2.31. The van der Waals surface area contributed by atoms with Gasteiger partial charge in [-0.3, -0.25) is 4.79 Å². The average molecular weight is 410 g/mol. The fourth-order valence-corrected chi connectivity index (χ4v) is 4.16. The number of rotatable bonds is 6. The molecule has 1 fully saturated rings. The lowest BCUT2D eigenvalue weighted by Gasteiger charge is -2.26. The van der Waals surface area contributed by atoms with Crippen LogP contribution in [0.4, 0.5) is 0 Å². The van der Waals surface area contributed by atoms with E-state index in [4.69, 9.17) is 18.9 Å². The zero-order valence-electron chi connectivity index (χ0n) is 17.7. The highest BCUT2D eigenvalue weighted by atomic mass is 16.5. The van der Waals surface area contributed by atoms with E-state index in [0.717, 1.165) is 40.8 Å². The molecule has 0 spiro atoms. The summed E-state index contributed by atoms with van der Waals surface area (Å²) in [5.74, 6) is 2.72. The Balaban J connectivity index is 1.69. The number of hydrogen-bond donors (Lipinski definition) is 1. The van der Waals surface area contributed by atoms with E-state index in [0.29, 0.717) is 23.7 Å². The van der Waals surface area contributed by atoms with Crippen LogP contribution in [0.25, 0.3) is 10.9 Å². The molecule has 1 amide bonds. The number of aromatic amines is 1. The third-order valence-electron chi connectivity index (χ3n) is 5.67. The minimum absolute atomic E-state index is 0.0485. The summed E-state index contributed by atoms with van der Waals surface area (Å²) in [6, 6.07) is 11.2. The molecule has 7 heteroatoms. The number of carbonyl (C=O) groups excluding carboxylic acids is 1. The number of amides is 1. The highest BCUT2D eigenvalue weighted by Gasteiger charge is 2.33. The molecule has 1 atom stereocenters. The Morgan fingerprint density at radius 2 is 1.67 bits per heavy atom. The number of carbonyl (C=O) groups is 1. The van der Waals surface area contributed by atoms with Gasteiger partial charge in [0.1, 0.15) is 28.7 Å². The van der Waals surface area contributed by atoms with E-state index in [2.05, 4.69) is 4.98 Å². The van der Waals surface area contributed by atoms with Gasteiger partial charge < -0.3 is 28.8 Å². The summed E-state index contributed by atoms with van der Waals surface area (Å²) in [6.45, 7) is 0.689. The number of aromatic nitrogens is 1. The molecule has 1 saturated heterocycles. The van der Waals surface area contributed by atoms with Crippen molar-refractivity contribution in [1.82, 2.24) is 9.88 Å². The standard InChI is InChI=1S/C23H26N2O5/c1-27-15-7-8-17(20(12-15)29-3)19-6-5-9-25(19)23(26)18-11-14-10-16(28-2)13-21(30-4)22(14)24-18/h7-8,10-13,19,24H,5-6,9H2,1-4H3. The molecule has 1 aliphatic heterocycles. The number of methoxy groups -OCH3 is 4. The number of likely N-dealkylation sites (tertiary alicyclic amines) is 1. The van der Waals surface area contributed by atoms with E-state index in [9.17, 15) is 4.79 Å². The molecule has 3 aromatic rings. The van der Waals surface area contributed by atoms with Gasteiger partial charge in [-0.15, -0.1) is 0 Å². The van der Waals surface area contributed by atoms with E-state index in [-0.39, 0.29) is 11.9 Å². The Morgan fingerprint density at radius 1 is 0.933 bits per heavy atom. The summed E-state index contributed by atoms with van der Waals surface area (Å²) in [5.41, 5.74) is 2.29. The highest BCUT2D eigenvalue weighted by molar-refractivity contribution is 6.00. The quantitative estimate of drug-likeness (QED) is 0.660. The number of benzene rings is 2. The second-order valence-electron chi connectivity index (χ2n) is 7.24. The minimum Gasteiger partial charge on any atom is -0.497 e. The van der Waals surface area contributed by atoms with E-state index >= 15 is 0 Å². The summed E-state index contributed by atoms with van der Waals surface area (Å²) in [4.78, 5) is 18.6. The van der Waals surface area contributed by atoms with Crippen LogP contribution in [0, 0.1) is 0 Å². The lowest BCUT2D eigenvalue weighted by molar-refractivity contribution is 0.0729. The fraction of sp³-hybridized carbons (Fsp3) is 0.348. The molecule has 7 nitrogen and oxygen atoms in total. The molecule has 0 radical (unpaired) electrons. The molecular weight excluding hydrogens is 384 g/mol. The van der Waals surface area contributed by atoms with Crippen molar-refractivity contribution >= 4 is 16.8 Å². The van der Waals surface area contributed by atoms with Crippen LogP contribution in [0.1, 0.15) is 34.9 Å². The smallest absolute Gasteiger partial charge is 0.270 e. The van der Waals surface area contributed by atoms with Crippen molar-refractivity contribution in [3.05, 3.63) is 47.7 Å². The minimum atomic E-state index is -0.0544. The van der Waals surface area contributed by atoms with Gasteiger partial charge in [-0.1, -0.05) is 0 Å². The van der Waals surface area contributed by atoms with Crippen LogP contribution in [0.5, 0.6) is 23.0 Å². The Hall–Kier alpha value is -3.35. The first-order chi connectivity index (χ1) is 14.6. The summed E-state index contributed by atoms with van der Waals surface area (Å²) in [5, 5.41) is 0.868. The maximum absolute atomic E-state index is 13.4. The maximum atomic E-state index is 13.4. The molecular formula is C23H26N2O5.